The minimum Gasteiger partial charge on any atom is -0.346 e. The first-order valence-corrected chi connectivity index (χ1v) is 7.07. The van der Waals surface area contributed by atoms with Gasteiger partial charge in [0.05, 0.1) is 12.5 Å². The van der Waals surface area contributed by atoms with Gasteiger partial charge in [0.15, 0.2) is 0 Å². The van der Waals surface area contributed by atoms with Crippen LogP contribution in [-0.4, -0.2) is 34.4 Å². The number of aromatic nitrogens is 1. The average molecular weight is 285 g/mol. The van der Waals surface area contributed by atoms with Gasteiger partial charge in [0.25, 0.3) is 0 Å². The molecule has 2 aromatic rings. The second-order valence-corrected chi connectivity index (χ2v) is 5.58. The summed E-state index contributed by atoms with van der Waals surface area (Å²) in [6.45, 7) is 2.67. The molecule has 0 bridgehead atoms. The lowest BCUT2D eigenvalue weighted by Crippen LogP contribution is -2.37. The van der Waals surface area contributed by atoms with E-state index in [2.05, 4.69) is 28.9 Å². The zero-order valence-electron chi connectivity index (χ0n) is 12.5. The summed E-state index contributed by atoms with van der Waals surface area (Å²) in [4.78, 5) is 24.7. The van der Waals surface area contributed by atoms with Crippen molar-refractivity contribution in [3.63, 3.8) is 0 Å². The molecular formula is C16H19N3O2. The molecule has 1 aliphatic rings. The molecule has 21 heavy (non-hydrogen) atoms. The fourth-order valence-electron chi connectivity index (χ4n) is 3.02. The molecule has 3 rings (SSSR count). The zero-order valence-corrected chi connectivity index (χ0v) is 12.5. The second-order valence-electron chi connectivity index (χ2n) is 5.58. The van der Waals surface area contributed by atoms with Crippen LogP contribution in [0.25, 0.3) is 10.9 Å². The lowest BCUT2D eigenvalue weighted by Gasteiger charge is -2.12. The molecular weight excluding hydrogens is 266 g/mol. The number of benzene rings is 1. The van der Waals surface area contributed by atoms with E-state index in [1.54, 1.807) is 0 Å². The normalized spacial score (nSPS) is 19.0. The summed E-state index contributed by atoms with van der Waals surface area (Å²) in [6.07, 6.45) is 0.248. The summed E-state index contributed by atoms with van der Waals surface area (Å²) in [5, 5.41) is 4.44. The number of para-hydroxylation sites is 1. The standard InChI is InChI=1S/C16H19N3O2/c1-10-11-6-4-5-7-13(11)18(2)14(10)9-17-12-8-15(20)19(3)16(12)21/h4-7,12,17H,8-9H2,1-3H3. The third kappa shape index (κ3) is 2.14. The molecule has 1 saturated heterocycles. The number of rotatable bonds is 3. The van der Waals surface area contributed by atoms with Gasteiger partial charge >= 0.3 is 0 Å². The van der Waals surface area contributed by atoms with Gasteiger partial charge in [-0.2, -0.15) is 0 Å². The minimum absolute atomic E-state index is 0.119. The van der Waals surface area contributed by atoms with Crippen molar-refractivity contribution in [3.8, 4) is 0 Å². The van der Waals surface area contributed by atoms with E-state index in [4.69, 9.17) is 0 Å². The number of aryl methyl sites for hydroxylation is 2. The molecule has 1 aromatic carbocycles. The van der Waals surface area contributed by atoms with Gasteiger partial charge in [-0.3, -0.25) is 19.8 Å². The van der Waals surface area contributed by atoms with Gasteiger partial charge in [-0.25, -0.2) is 0 Å². The Labute approximate surface area is 123 Å². The first kappa shape index (κ1) is 13.8. The third-order valence-electron chi connectivity index (χ3n) is 4.40. The van der Waals surface area contributed by atoms with Gasteiger partial charge in [0, 0.05) is 37.2 Å². The number of nitrogens with zero attached hydrogens (tertiary/aromatic N) is 2. The van der Waals surface area contributed by atoms with Crippen molar-refractivity contribution in [3.05, 3.63) is 35.5 Å². The Morgan fingerprint density at radius 1 is 1.24 bits per heavy atom. The van der Waals surface area contributed by atoms with Gasteiger partial charge in [0.2, 0.25) is 11.8 Å². The van der Waals surface area contributed by atoms with Crippen LogP contribution in [0.2, 0.25) is 0 Å². The quantitative estimate of drug-likeness (QED) is 0.866. The molecule has 0 radical (unpaired) electrons. The Morgan fingerprint density at radius 3 is 2.57 bits per heavy atom. The number of imide groups is 1. The number of amides is 2. The Hall–Kier alpha value is -2.14. The van der Waals surface area contributed by atoms with Crippen molar-refractivity contribution in [1.82, 2.24) is 14.8 Å². The number of hydrogen-bond donors (Lipinski definition) is 1. The van der Waals surface area contributed by atoms with E-state index in [9.17, 15) is 9.59 Å². The molecule has 1 aliphatic heterocycles. The monoisotopic (exact) mass is 285 g/mol. The molecule has 0 saturated carbocycles. The molecule has 1 aromatic heterocycles. The van der Waals surface area contributed by atoms with E-state index >= 15 is 0 Å². The zero-order chi connectivity index (χ0) is 15.1. The Kier molecular flexibility index (Phi) is 3.29. The number of fused-ring (bicyclic) bond motifs is 1. The maximum Gasteiger partial charge on any atom is 0.246 e. The highest BCUT2D eigenvalue weighted by molar-refractivity contribution is 6.05. The average Bonchev–Trinajstić information content (AvgIpc) is 2.87. The minimum atomic E-state index is -0.403. The number of likely N-dealkylation sites (N-methyl/N-ethyl adjacent to an activating group) is 1. The highest BCUT2D eigenvalue weighted by Gasteiger charge is 2.35. The van der Waals surface area contributed by atoms with E-state index in [0.29, 0.717) is 6.54 Å². The van der Waals surface area contributed by atoms with Crippen LogP contribution in [0.5, 0.6) is 0 Å². The van der Waals surface area contributed by atoms with Crippen LogP contribution in [0.3, 0.4) is 0 Å². The molecule has 1 atom stereocenters. The van der Waals surface area contributed by atoms with Crippen LogP contribution < -0.4 is 5.32 Å². The van der Waals surface area contributed by atoms with Crippen molar-refractivity contribution < 1.29 is 9.59 Å². The summed E-state index contributed by atoms with van der Waals surface area (Å²) >= 11 is 0. The summed E-state index contributed by atoms with van der Waals surface area (Å²) in [5.74, 6) is -0.261. The molecule has 5 heteroatoms. The Bertz CT molecular complexity index is 693. The van der Waals surface area contributed by atoms with Crippen LogP contribution in [-0.2, 0) is 23.2 Å². The summed E-state index contributed by atoms with van der Waals surface area (Å²) in [5.41, 5.74) is 3.54. The van der Waals surface area contributed by atoms with Gasteiger partial charge in [0.1, 0.15) is 0 Å². The topological polar surface area (TPSA) is 54.3 Å². The fourth-order valence-corrected chi connectivity index (χ4v) is 3.02. The molecule has 2 heterocycles. The number of likely N-dealkylation sites (tertiary alicyclic amines) is 1. The van der Waals surface area contributed by atoms with Gasteiger partial charge < -0.3 is 4.57 Å². The predicted molar refractivity (Wildman–Crippen MR) is 80.7 cm³/mol. The molecule has 110 valence electrons. The second kappa shape index (κ2) is 5.00. The van der Waals surface area contributed by atoms with Crippen molar-refractivity contribution in [1.29, 1.82) is 0 Å². The van der Waals surface area contributed by atoms with Crippen molar-refractivity contribution >= 4 is 22.7 Å². The third-order valence-corrected chi connectivity index (χ3v) is 4.40. The Balaban J connectivity index is 1.83. The van der Waals surface area contributed by atoms with Crippen molar-refractivity contribution in [2.45, 2.75) is 25.9 Å². The predicted octanol–water partition coefficient (Wildman–Crippen LogP) is 1.33. The fraction of sp³-hybridized carbons (Fsp3) is 0.375. The van der Waals surface area contributed by atoms with Gasteiger partial charge in [-0.1, -0.05) is 18.2 Å². The van der Waals surface area contributed by atoms with Crippen LogP contribution in [0.15, 0.2) is 24.3 Å². The molecule has 0 aliphatic carbocycles. The lowest BCUT2D eigenvalue weighted by atomic mass is 10.1. The highest BCUT2D eigenvalue weighted by atomic mass is 16.2. The van der Waals surface area contributed by atoms with Gasteiger partial charge in [-0.15, -0.1) is 0 Å². The molecule has 5 nitrogen and oxygen atoms in total. The van der Waals surface area contributed by atoms with Crippen LogP contribution in [0, 0.1) is 6.92 Å². The molecule has 1 fully saturated rings. The molecule has 2 amide bonds. The van der Waals surface area contributed by atoms with Crippen LogP contribution >= 0.6 is 0 Å². The van der Waals surface area contributed by atoms with Crippen molar-refractivity contribution in [2.75, 3.05) is 7.05 Å². The highest BCUT2D eigenvalue weighted by Crippen LogP contribution is 2.24. The van der Waals surface area contributed by atoms with Gasteiger partial charge in [-0.05, 0) is 18.6 Å². The smallest absolute Gasteiger partial charge is 0.246 e. The van der Waals surface area contributed by atoms with E-state index in [0.717, 1.165) is 5.69 Å². The first-order valence-electron chi connectivity index (χ1n) is 7.07. The number of carbonyl (C=O) groups excluding carboxylic acids is 2. The lowest BCUT2D eigenvalue weighted by molar-refractivity contribution is -0.137. The molecule has 1 unspecified atom stereocenters. The molecule has 1 N–H and O–H groups in total. The number of carbonyl (C=O) groups is 2. The van der Waals surface area contributed by atoms with Crippen LogP contribution in [0.1, 0.15) is 17.7 Å². The maximum atomic E-state index is 11.9. The SMILES string of the molecule is Cc1c(CNC2CC(=O)N(C)C2=O)n(C)c2ccccc12. The van der Waals surface area contributed by atoms with E-state index in [-0.39, 0.29) is 18.2 Å². The molecule has 0 spiro atoms. The maximum absolute atomic E-state index is 11.9. The van der Waals surface area contributed by atoms with E-state index < -0.39 is 6.04 Å². The van der Waals surface area contributed by atoms with Crippen LogP contribution in [0.4, 0.5) is 0 Å². The number of nitrogens with one attached hydrogen (secondary N) is 1. The summed E-state index contributed by atoms with van der Waals surface area (Å²) in [6, 6.07) is 7.84. The van der Waals surface area contributed by atoms with E-state index in [1.165, 1.54) is 28.4 Å². The number of hydrogen-bond acceptors (Lipinski definition) is 3. The Morgan fingerprint density at radius 2 is 1.95 bits per heavy atom. The largest absolute Gasteiger partial charge is 0.346 e. The summed E-state index contributed by atoms with van der Waals surface area (Å²) in [7, 11) is 3.56. The summed E-state index contributed by atoms with van der Waals surface area (Å²) < 4.78 is 2.14. The van der Waals surface area contributed by atoms with E-state index in [1.807, 2.05) is 19.2 Å². The van der Waals surface area contributed by atoms with Crippen molar-refractivity contribution in [2.24, 2.45) is 7.05 Å². The first-order chi connectivity index (χ1) is 10.0.